The largest absolute Gasteiger partial charge is 0.489 e. The molecule has 3 rings (SSSR count). The molecule has 5 nitrogen and oxygen atoms in total. The highest BCUT2D eigenvalue weighted by atomic mass is 16.7. The topological polar surface area (TPSA) is 68.2 Å². The molecule has 0 bridgehead atoms. The lowest BCUT2D eigenvalue weighted by Gasteiger charge is -2.10. The maximum atomic E-state index is 9.29. The first kappa shape index (κ1) is 12.8. The first-order valence-electron chi connectivity index (χ1n) is 6.20. The van der Waals surface area contributed by atoms with Gasteiger partial charge in [-0.3, -0.25) is 0 Å². The van der Waals surface area contributed by atoms with Crippen LogP contribution in [0.4, 0.5) is 0 Å². The maximum absolute atomic E-state index is 9.29. The molecular formula is C14H13BO5. The van der Waals surface area contributed by atoms with Gasteiger partial charge in [0.2, 0.25) is 6.79 Å². The van der Waals surface area contributed by atoms with E-state index in [4.69, 9.17) is 14.2 Å². The van der Waals surface area contributed by atoms with Crippen LogP contribution in [-0.4, -0.2) is 24.0 Å². The molecule has 0 fully saturated rings. The first-order valence-corrected chi connectivity index (χ1v) is 6.20. The molecule has 0 radical (unpaired) electrons. The Balaban J connectivity index is 1.74. The van der Waals surface area contributed by atoms with Crippen LogP contribution in [0.5, 0.6) is 17.2 Å². The van der Waals surface area contributed by atoms with Gasteiger partial charge in [0, 0.05) is 6.07 Å². The first-order chi connectivity index (χ1) is 9.74. The van der Waals surface area contributed by atoms with E-state index in [9.17, 15) is 10.0 Å². The molecule has 0 aromatic heterocycles. The SMILES string of the molecule is OB(O)c1ccccc1COc1ccc2c(c1)OCO2. The van der Waals surface area contributed by atoms with Crippen LogP contribution in [0.3, 0.4) is 0 Å². The second-order valence-corrected chi connectivity index (χ2v) is 4.38. The van der Waals surface area contributed by atoms with Crippen molar-refractivity contribution < 1.29 is 24.3 Å². The predicted octanol–water partition coefficient (Wildman–Crippen LogP) is 0.674. The Labute approximate surface area is 116 Å². The van der Waals surface area contributed by atoms with Gasteiger partial charge in [0.1, 0.15) is 12.4 Å². The minimum atomic E-state index is -1.51. The van der Waals surface area contributed by atoms with E-state index < -0.39 is 7.12 Å². The van der Waals surface area contributed by atoms with Crippen LogP contribution in [-0.2, 0) is 6.61 Å². The summed E-state index contributed by atoms with van der Waals surface area (Å²) in [5, 5.41) is 18.6. The highest BCUT2D eigenvalue weighted by Crippen LogP contribution is 2.35. The van der Waals surface area contributed by atoms with Gasteiger partial charge < -0.3 is 24.3 Å². The van der Waals surface area contributed by atoms with Crippen LogP contribution in [0.2, 0.25) is 0 Å². The van der Waals surface area contributed by atoms with E-state index in [0.717, 1.165) is 5.56 Å². The molecule has 1 heterocycles. The third kappa shape index (κ3) is 2.56. The van der Waals surface area contributed by atoms with E-state index >= 15 is 0 Å². The molecule has 102 valence electrons. The molecule has 0 atom stereocenters. The lowest BCUT2D eigenvalue weighted by atomic mass is 9.77. The van der Waals surface area contributed by atoms with E-state index in [1.54, 1.807) is 36.4 Å². The van der Waals surface area contributed by atoms with E-state index in [1.807, 2.05) is 6.07 Å². The minimum Gasteiger partial charge on any atom is -0.489 e. The number of hydrogen-bond donors (Lipinski definition) is 2. The number of fused-ring (bicyclic) bond motifs is 1. The van der Waals surface area contributed by atoms with Gasteiger partial charge in [-0.1, -0.05) is 24.3 Å². The highest BCUT2D eigenvalue weighted by Gasteiger charge is 2.16. The second-order valence-electron chi connectivity index (χ2n) is 4.38. The zero-order valence-corrected chi connectivity index (χ0v) is 10.7. The monoisotopic (exact) mass is 272 g/mol. The predicted molar refractivity (Wildman–Crippen MR) is 73.2 cm³/mol. The van der Waals surface area contributed by atoms with Crippen molar-refractivity contribution in [3.05, 3.63) is 48.0 Å². The molecule has 1 aliphatic rings. The summed E-state index contributed by atoms with van der Waals surface area (Å²) in [5.41, 5.74) is 1.16. The molecule has 2 aromatic rings. The van der Waals surface area contributed by atoms with E-state index in [1.165, 1.54) is 0 Å². The van der Waals surface area contributed by atoms with Crippen molar-refractivity contribution >= 4 is 12.6 Å². The Bertz CT molecular complexity index is 614. The van der Waals surface area contributed by atoms with Crippen molar-refractivity contribution in [2.45, 2.75) is 6.61 Å². The van der Waals surface area contributed by atoms with Gasteiger partial charge in [-0.25, -0.2) is 0 Å². The highest BCUT2D eigenvalue weighted by molar-refractivity contribution is 6.59. The molecular weight excluding hydrogens is 259 g/mol. The number of ether oxygens (including phenoxy) is 3. The average Bonchev–Trinajstić information content (AvgIpc) is 2.92. The molecule has 2 aromatic carbocycles. The number of rotatable bonds is 4. The van der Waals surface area contributed by atoms with Crippen LogP contribution in [0.15, 0.2) is 42.5 Å². The van der Waals surface area contributed by atoms with Crippen molar-refractivity contribution in [1.29, 1.82) is 0 Å². The lowest BCUT2D eigenvalue weighted by molar-refractivity contribution is 0.173. The fourth-order valence-electron chi connectivity index (χ4n) is 2.05. The second kappa shape index (κ2) is 5.44. The normalized spacial score (nSPS) is 12.3. The third-order valence-corrected chi connectivity index (χ3v) is 3.07. The standard InChI is InChI=1S/C14H13BO5/c16-15(17)12-4-2-1-3-10(12)8-18-11-5-6-13-14(7-11)20-9-19-13/h1-7,16-17H,8-9H2. The summed E-state index contributed by atoms with van der Waals surface area (Å²) in [7, 11) is -1.51. The Morgan fingerprint density at radius 1 is 1.05 bits per heavy atom. The Kier molecular flexibility index (Phi) is 3.49. The van der Waals surface area contributed by atoms with Crippen molar-refractivity contribution in [2.24, 2.45) is 0 Å². The summed E-state index contributed by atoms with van der Waals surface area (Å²) in [6.07, 6.45) is 0. The molecule has 0 amide bonds. The fraction of sp³-hybridized carbons (Fsp3) is 0.143. The molecule has 0 saturated carbocycles. The molecule has 2 N–H and O–H groups in total. The van der Waals surface area contributed by atoms with Crippen LogP contribution >= 0.6 is 0 Å². The van der Waals surface area contributed by atoms with Gasteiger partial charge in [0.15, 0.2) is 11.5 Å². The minimum absolute atomic E-state index is 0.221. The summed E-state index contributed by atoms with van der Waals surface area (Å²) in [6, 6.07) is 12.3. The summed E-state index contributed by atoms with van der Waals surface area (Å²) in [4.78, 5) is 0. The van der Waals surface area contributed by atoms with Gasteiger partial charge in [0.05, 0.1) is 0 Å². The molecule has 1 aliphatic heterocycles. The summed E-state index contributed by atoms with van der Waals surface area (Å²) in [5.74, 6) is 1.98. The van der Waals surface area contributed by atoms with Gasteiger partial charge in [-0.2, -0.15) is 0 Å². The van der Waals surface area contributed by atoms with E-state index in [2.05, 4.69) is 0 Å². The van der Waals surface area contributed by atoms with E-state index in [-0.39, 0.29) is 13.4 Å². The molecule has 6 heteroatoms. The van der Waals surface area contributed by atoms with Crippen molar-refractivity contribution in [1.82, 2.24) is 0 Å². The smallest absolute Gasteiger partial charge is 0.488 e. The maximum Gasteiger partial charge on any atom is 0.488 e. The van der Waals surface area contributed by atoms with Gasteiger partial charge >= 0.3 is 7.12 Å². The van der Waals surface area contributed by atoms with Gasteiger partial charge in [-0.05, 0) is 23.2 Å². The molecule has 0 spiro atoms. The Morgan fingerprint density at radius 3 is 2.70 bits per heavy atom. The van der Waals surface area contributed by atoms with Gasteiger partial charge in [-0.15, -0.1) is 0 Å². The number of hydrogen-bond acceptors (Lipinski definition) is 5. The zero-order chi connectivity index (χ0) is 13.9. The quantitative estimate of drug-likeness (QED) is 0.801. The Hall–Kier alpha value is -2.18. The summed E-state index contributed by atoms with van der Waals surface area (Å²) in [6.45, 7) is 0.464. The van der Waals surface area contributed by atoms with Crippen LogP contribution in [0, 0.1) is 0 Å². The van der Waals surface area contributed by atoms with Crippen LogP contribution in [0.25, 0.3) is 0 Å². The fourth-order valence-corrected chi connectivity index (χ4v) is 2.05. The average molecular weight is 272 g/mol. The van der Waals surface area contributed by atoms with Gasteiger partial charge in [0.25, 0.3) is 0 Å². The lowest BCUT2D eigenvalue weighted by Crippen LogP contribution is -2.33. The molecule has 0 unspecified atom stereocenters. The van der Waals surface area contributed by atoms with Crippen molar-refractivity contribution in [3.63, 3.8) is 0 Å². The summed E-state index contributed by atoms with van der Waals surface area (Å²) < 4.78 is 16.1. The van der Waals surface area contributed by atoms with Crippen molar-refractivity contribution in [3.8, 4) is 17.2 Å². The molecule has 0 saturated heterocycles. The third-order valence-electron chi connectivity index (χ3n) is 3.07. The zero-order valence-electron chi connectivity index (χ0n) is 10.7. The Morgan fingerprint density at radius 2 is 1.85 bits per heavy atom. The van der Waals surface area contributed by atoms with Crippen LogP contribution in [0.1, 0.15) is 5.56 Å². The van der Waals surface area contributed by atoms with Crippen molar-refractivity contribution in [2.75, 3.05) is 6.79 Å². The number of benzene rings is 2. The van der Waals surface area contributed by atoms with E-state index in [0.29, 0.717) is 22.7 Å². The summed E-state index contributed by atoms with van der Waals surface area (Å²) >= 11 is 0. The van der Waals surface area contributed by atoms with Crippen LogP contribution < -0.4 is 19.7 Å². The molecule has 0 aliphatic carbocycles. The molecule has 20 heavy (non-hydrogen) atoms.